The Balaban J connectivity index is 0.000000158. The third kappa shape index (κ3) is 14.0. The van der Waals surface area contributed by atoms with Crippen LogP contribution in [0.15, 0.2) is 42.5 Å². The second kappa shape index (κ2) is 28.4. The fourth-order valence-corrected chi connectivity index (χ4v) is 11.3. The summed E-state index contributed by atoms with van der Waals surface area (Å²) in [6.45, 7) is 1.04. The van der Waals surface area contributed by atoms with Gasteiger partial charge in [0.1, 0.15) is 58.1 Å². The van der Waals surface area contributed by atoms with Crippen molar-refractivity contribution < 1.29 is 79.6 Å². The van der Waals surface area contributed by atoms with Crippen molar-refractivity contribution >= 4 is 82.2 Å². The minimum Gasteiger partial charge on any atom is -0.357 e. The molecule has 12 rings (SSSR count). The van der Waals surface area contributed by atoms with Crippen LogP contribution < -0.4 is 31.9 Å². The van der Waals surface area contributed by atoms with E-state index in [1.807, 2.05) is 0 Å². The summed E-state index contributed by atoms with van der Waals surface area (Å²) in [5, 5.41) is 48.7. The Morgan fingerprint density at radius 1 is 0.515 bits per heavy atom. The summed E-state index contributed by atoms with van der Waals surface area (Å²) in [6, 6.07) is 8.57. The largest absolute Gasteiger partial charge is 0.357 e. The highest BCUT2D eigenvalue weighted by Crippen LogP contribution is 2.32. The summed E-state index contributed by atoms with van der Waals surface area (Å²) >= 11 is 5.68. The topological polar surface area (TPSA) is 374 Å². The van der Waals surface area contributed by atoms with Gasteiger partial charge in [0.2, 0.25) is 0 Å². The first-order valence-corrected chi connectivity index (χ1v) is 29.8. The zero-order valence-electron chi connectivity index (χ0n) is 52.2. The van der Waals surface area contributed by atoms with Crippen LogP contribution in [-0.2, 0) is 87.4 Å². The van der Waals surface area contributed by atoms with Crippen molar-refractivity contribution in [2.24, 2.45) is 0 Å². The number of urea groups is 3. The first kappa shape index (κ1) is 68.6. The van der Waals surface area contributed by atoms with E-state index in [0.29, 0.717) is 65.6 Å². The highest BCUT2D eigenvalue weighted by atomic mass is 35.5. The summed E-state index contributed by atoms with van der Waals surface area (Å²) < 4.78 is 73.1. The van der Waals surface area contributed by atoms with E-state index in [0.717, 1.165) is 39.5 Å². The SMILES string of the molecule is CNC(=O)C1Cn2nc3c(c2C(=O)N(C)O1)CN(C(=O)Nc1cc(Cl)c(F)cc1F)CC3.CNC(=O)C1Cn2nc3c(c2C(=O)N(C)O1)CN(C(=O)Nc1ccc(F)c(C#N)c1)CC3.CNC(=O)C1Cn2nc3c(c2C(=O)N(C)O1)CN(C(=O)Nc1ccc(F)c(C#N)c1F)CC3. The second-order valence-corrected chi connectivity index (χ2v) is 22.6. The number of halogens is 6. The van der Waals surface area contributed by atoms with Gasteiger partial charge >= 0.3 is 18.1 Å². The van der Waals surface area contributed by atoms with Crippen molar-refractivity contribution in [3.63, 3.8) is 0 Å². The molecule has 6 N–H and O–H groups in total. The Bertz CT molecular complexity index is 4340. The van der Waals surface area contributed by atoms with Gasteiger partial charge in [-0.2, -0.15) is 25.8 Å². The number of rotatable bonds is 6. The van der Waals surface area contributed by atoms with Crippen molar-refractivity contribution in [1.29, 1.82) is 10.5 Å². The predicted molar refractivity (Wildman–Crippen MR) is 323 cm³/mol. The lowest BCUT2D eigenvalue weighted by Crippen LogP contribution is -2.41. The van der Waals surface area contributed by atoms with Crippen LogP contribution in [0, 0.1) is 51.7 Å². The molecule has 6 aliphatic rings. The fourth-order valence-electron chi connectivity index (χ4n) is 11.2. The smallest absolute Gasteiger partial charge is 0.322 e. The molecule has 3 unspecified atom stereocenters. The number of nitrogens with one attached hydrogen (secondary N) is 6. The maximum absolute atomic E-state index is 14.3. The minimum absolute atomic E-state index is 0.00199. The predicted octanol–water partition coefficient (Wildman–Crippen LogP) is 2.91. The van der Waals surface area contributed by atoms with Gasteiger partial charge < -0.3 is 46.6 Å². The number of likely N-dealkylation sites (N-methyl/N-ethyl adjacent to an activating group) is 3. The summed E-state index contributed by atoms with van der Waals surface area (Å²) in [6.07, 6.45) is -1.77. The zero-order chi connectivity index (χ0) is 70.0. The number of nitriles is 2. The van der Waals surface area contributed by atoms with Crippen molar-refractivity contribution in [3.05, 3.63) is 139 Å². The number of carbonyl (C=O) groups is 9. The average Bonchev–Trinajstić information content (AvgIpc) is 1.63. The van der Waals surface area contributed by atoms with E-state index < -0.39 is 101 Å². The Kier molecular flexibility index (Phi) is 20.0. The van der Waals surface area contributed by atoms with Gasteiger partial charge in [0, 0.05) is 110 Å². The molecule has 0 radical (unpaired) electrons. The van der Waals surface area contributed by atoms with Gasteiger partial charge in [0.25, 0.3) is 35.4 Å². The van der Waals surface area contributed by atoms with Gasteiger partial charge in [-0.25, -0.2) is 51.5 Å². The van der Waals surface area contributed by atoms with Gasteiger partial charge in [0.15, 0.2) is 24.1 Å². The standard InChI is InChI=1S/C20H19F2N7O4.C20H20FN7O4.C19H19ClF2N6O4/c1-24-18(30)15-9-29-17(19(31)27(2)33-15)11-8-28(6-5-13(11)26-29)20(32)25-14-4-3-12(21)10(7-23)16(14)22;1-23-18(29)16-10-28-17(19(30)26(2)32-16)13-9-27(6-5-15(13)25-28)20(31)24-12-3-4-14(21)11(7-12)8-22;1-23-17(29)15-8-28-16(18(30)26(2)32-15)9-7-27(4-3-13(9)25-28)19(31)24-14-5-10(20)11(21)6-12(14)22/h3-4,15H,5-6,8-9H2,1-2H3,(H,24,30)(H,25,32);3-4,7,16H,5-6,9-10H2,1-2H3,(H,23,29)(H,24,31);5-6,15H,3-4,7-8H2,1-2H3,(H,23,29)(H,24,31). The lowest BCUT2D eigenvalue weighted by atomic mass is 10.0. The number of hydrogen-bond acceptors (Lipinski definition) is 17. The molecule has 0 aliphatic carbocycles. The number of anilines is 3. The Morgan fingerprint density at radius 3 is 1.30 bits per heavy atom. The monoisotopic (exact) mass is 1370 g/mol. The third-order valence-electron chi connectivity index (χ3n) is 16.2. The number of benzene rings is 3. The first-order valence-electron chi connectivity index (χ1n) is 29.4. The summed E-state index contributed by atoms with van der Waals surface area (Å²) in [5.41, 5.74) is 2.87. The molecule has 0 saturated carbocycles. The number of nitrogens with zero attached hydrogens (tertiary/aromatic N) is 14. The van der Waals surface area contributed by atoms with Crippen LogP contribution in [0.5, 0.6) is 0 Å². The Hall–Kier alpha value is -11.3. The summed E-state index contributed by atoms with van der Waals surface area (Å²) in [4.78, 5) is 134. The van der Waals surface area contributed by atoms with E-state index in [-0.39, 0.29) is 103 Å². The molecule has 3 aromatic heterocycles. The Labute approximate surface area is 551 Å². The van der Waals surface area contributed by atoms with Crippen molar-refractivity contribution in [2.75, 3.05) is 77.9 Å². The summed E-state index contributed by atoms with van der Waals surface area (Å²) in [5.74, 6) is -7.50. The third-order valence-corrected chi connectivity index (χ3v) is 16.4. The lowest BCUT2D eigenvalue weighted by molar-refractivity contribution is -0.168. The van der Waals surface area contributed by atoms with Crippen molar-refractivity contribution in [3.8, 4) is 12.1 Å². The normalized spacial score (nSPS) is 17.8. The number of amides is 12. The van der Waals surface area contributed by atoms with E-state index in [4.69, 9.17) is 36.6 Å². The number of hydrogen-bond donors (Lipinski definition) is 6. The van der Waals surface area contributed by atoms with E-state index in [2.05, 4.69) is 47.2 Å². The number of aromatic nitrogens is 6. The molecule has 97 heavy (non-hydrogen) atoms. The maximum atomic E-state index is 14.3. The van der Waals surface area contributed by atoms with Crippen LogP contribution in [0.4, 0.5) is 53.4 Å². The molecule has 12 amide bonds. The highest BCUT2D eigenvalue weighted by Gasteiger charge is 2.41. The molecule has 0 fully saturated rings. The average molecular weight is 1370 g/mol. The van der Waals surface area contributed by atoms with Gasteiger partial charge in [-0.05, 0) is 36.4 Å². The van der Waals surface area contributed by atoms with Crippen molar-refractivity contribution in [2.45, 2.75) is 76.8 Å². The molecule has 0 spiro atoms. The molecule has 0 saturated heterocycles. The molecule has 6 aromatic rings. The quantitative estimate of drug-likeness (QED) is 0.103. The van der Waals surface area contributed by atoms with Gasteiger partial charge in [-0.3, -0.25) is 57.3 Å². The van der Waals surface area contributed by atoms with Gasteiger partial charge in [-0.1, -0.05) is 11.6 Å². The van der Waals surface area contributed by atoms with Crippen molar-refractivity contribution in [1.82, 2.24) is 75.2 Å². The molecule has 6 aliphatic heterocycles. The van der Waals surface area contributed by atoms with Crippen LogP contribution in [0.25, 0.3) is 0 Å². The number of hydroxylamine groups is 6. The van der Waals surface area contributed by atoms with E-state index in [1.54, 1.807) is 6.07 Å². The van der Waals surface area contributed by atoms with Crippen LogP contribution in [0.3, 0.4) is 0 Å². The number of fused-ring (bicyclic) bond motifs is 9. The zero-order valence-corrected chi connectivity index (χ0v) is 52.9. The molecule has 32 nitrogen and oxygen atoms in total. The molecule has 508 valence electrons. The van der Waals surface area contributed by atoms with Gasteiger partial charge in [0.05, 0.1) is 78.3 Å². The minimum atomic E-state index is -1.17. The van der Waals surface area contributed by atoms with Crippen LogP contribution in [0.2, 0.25) is 5.02 Å². The summed E-state index contributed by atoms with van der Waals surface area (Å²) in [7, 11) is 8.58. The van der Waals surface area contributed by atoms with E-state index in [1.165, 1.54) is 89.2 Å². The van der Waals surface area contributed by atoms with Crippen LogP contribution in [0.1, 0.15) is 76.4 Å². The molecule has 38 heteroatoms. The molecule has 9 heterocycles. The number of carbonyl (C=O) groups excluding carboxylic acids is 9. The van der Waals surface area contributed by atoms with E-state index >= 15 is 0 Å². The second-order valence-electron chi connectivity index (χ2n) is 22.2. The van der Waals surface area contributed by atoms with Gasteiger partial charge in [-0.15, -0.1) is 0 Å². The Morgan fingerprint density at radius 2 is 0.907 bits per heavy atom. The van der Waals surface area contributed by atoms with E-state index in [9.17, 15) is 65.1 Å². The fraction of sp³-hybridized carbons (Fsp3) is 0.356. The molecule has 3 aromatic carbocycles. The molecule has 0 bridgehead atoms. The molecular formula is C59H58ClF5N20O12. The maximum Gasteiger partial charge on any atom is 0.322 e. The highest BCUT2D eigenvalue weighted by molar-refractivity contribution is 6.31. The van der Waals surface area contributed by atoms with Crippen LogP contribution in [-0.4, -0.2) is 193 Å². The first-order chi connectivity index (χ1) is 46.2. The molecule has 3 atom stereocenters. The molecular weight excluding hydrogens is 1310 g/mol. The lowest BCUT2D eigenvalue weighted by Gasteiger charge is -2.27. The van der Waals surface area contributed by atoms with Crippen LogP contribution >= 0.6 is 11.6 Å².